The Balaban J connectivity index is 2.20. The van der Waals surface area contributed by atoms with Crippen LogP contribution >= 0.6 is 7.82 Å². The van der Waals surface area contributed by atoms with Crippen molar-refractivity contribution in [1.82, 2.24) is 0 Å². The molecule has 0 saturated heterocycles. The molecule has 1 unspecified atom stereocenters. The predicted octanol–water partition coefficient (Wildman–Crippen LogP) is 5.42. The predicted molar refractivity (Wildman–Crippen MR) is 231 cm³/mol. The summed E-state index contributed by atoms with van der Waals surface area (Å²) >= 11 is 0. The Kier molecular flexibility index (Phi) is 28.7. The molecule has 8 N–H and O–H groups in total. The van der Waals surface area contributed by atoms with E-state index in [4.69, 9.17) is 18.5 Å². The molecule has 0 radical (unpaired) electrons. The largest absolute Gasteiger partial charge is 0.472 e. The van der Waals surface area contributed by atoms with E-state index in [0.29, 0.717) is 25.7 Å². The van der Waals surface area contributed by atoms with E-state index in [-0.39, 0.29) is 25.7 Å². The third kappa shape index (κ3) is 22.2. The lowest BCUT2D eigenvalue weighted by molar-refractivity contribution is -0.166. The molecule has 1 aliphatic carbocycles. The molecule has 1 aliphatic heterocycles. The average molecular weight is 907 g/mol. The molecule has 1 saturated carbocycles. The molecular formula is C45H79O16P. The van der Waals surface area contributed by atoms with Crippen LogP contribution in [0.2, 0.25) is 0 Å². The highest BCUT2D eigenvalue weighted by Crippen LogP contribution is 2.47. The Morgan fingerprint density at radius 3 is 2.02 bits per heavy atom. The van der Waals surface area contributed by atoms with Crippen LogP contribution in [0.1, 0.15) is 162 Å². The number of rotatable bonds is 22. The van der Waals surface area contributed by atoms with Crippen molar-refractivity contribution in [1.29, 1.82) is 0 Å². The molecule has 1 fully saturated rings. The quantitative estimate of drug-likeness (QED) is 0.0292. The summed E-state index contributed by atoms with van der Waals surface area (Å²) in [6, 6.07) is 0. The number of ketones is 1. The van der Waals surface area contributed by atoms with Gasteiger partial charge in [0.05, 0.1) is 36.9 Å². The van der Waals surface area contributed by atoms with Crippen LogP contribution in [0.15, 0.2) is 24.3 Å². The molecule has 0 aromatic heterocycles. The number of fused-ring (bicyclic) bond motifs is 4. The molecule has 2 bridgehead atoms. The standard InChI is InChI=1S/C45H79O16P/c1-3-5-7-8-9-10-11-12-13-14-15-16-21-25-38(49)58-30-33-31-59-62(56,57)61-45-43(54)41(52)35(28-27-32(46)23-19-6-4-2)37(48)29-36(47)34(40(51)42(53)44(45)55)24-20-17-18-22-26-39(50)60-33/h17,20,27-28,32-36,40-47,51-55H,3-16,18-19,21-26,29-31H2,1-2H3,(H,56,57)/b20-17-,28-27+/t32-,33+,34-,35-,36-,40+,41+,42-,43+,44+,45+/m0/s1. The Morgan fingerprint density at radius 1 is 0.806 bits per heavy atom. The van der Waals surface area contributed by atoms with E-state index >= 15 is 0 Å². The van der Waals surface area contributed by atoms with Crippen molar-refractivity contribution in [3.63, 3.8) is 0 Å². The van der Waals surface area contributed by atoms with Crippen molar-refractivity contribution >= 4 is 25.5 Å². The van der Waals surface area contributed by atoms with Gasteiger partial charge in [-0.2, -0.15) is 0 Å². The van der Waals surface area contributed by atoms with Gasteiger partial charge < -0.3 is 50.1 Å². The van der Waals surface area contributed by atoms with Gasteiger partial charge in [0.25, 0.3) is 0 Å². The second-order valence-electron chi connectivity index (χ2n) is 17.0. The molecular weight excluding hydrogens is 827 g/mol. The molecule has 17 heteroatoms. The van der Waals surface area contributed by atoms with Gasteiger partial charge in [-0.05, 0) is 32.1 Å². The molecule has 0 aromatic rings. The Bertz CT molecular complexity index is 1360. The number of ether oxygens (including phenoxy) is 2. The lowest BCUT2D eigenvalue weighted by Crippen LogP contribution is -2.55. The summed E-state index contributed by atoms with van der Waals surface area (Å²) in [6.07, 6.45) is 5.02. The van der Waals surface area contributed by atoms with Crippen LogP contribution in [-0.2, 0) is 37.5 Å². The van der Waals surface area contributed by atoms with Crippen molar-refractivity contribution in [3.8, 4) is 0 Å². The number of Topliss-reactive ketones (excluding diaryl/α,β-unsaturated/α-hetero) is 1. The lowest BCUT2D eigenvalue weighted by Gasteiger charge is -2.36. The normalized spacial score (nSPS) is 32.2. The van der Waals surface area contributed by atoms with Crippen molar-refractivity contribution in [3.05, 3.63) is 24.3 Å². The molecule has 2 aliphatic rings. The minimum Gasteiger partial charge on any atom is -0.462 e. The highest BCUT2D eigenvalue weighted by molar-refractivity contribution is 7.47. The van der Waals surface area contributed by atoms with Crippen LogP contribution in [0, 0.1) is 11.8 Å². The molecule has 0 spiro atoms. The number of carbonyl (C=O) groups is 3. The summed E-state index contributed by atoms with van der Waals surface area (Å²) in [5, 5.41) is 78.2. The maximum absolute atomic E-state index is 13.7. The van der Waals surface area contributed by atoms with Crippen molar-refractivity contribution in [2.45, 2.75) is 216 Å². The maximum atomic E-state index is 13.7. The molecule has 2 rings (SSSR count). The van der Waals surface area contributed by atoms with Crippen LogP contribution < -0.4 is 0 Å². The Labute approximate surface area is 368 Å². The van der Waals surface area contributed by atoms with Crippen LogP contribution in [0.3, 0.4) is 0 Å². The maximum Gasteiger partial charge on any atom is 0.472 e. The summed E-state index contributed by atoms with van der Waals surface area (Å²) < 4.78 is 34.5. The van der Waals surface area contributed by atoms with Gasteiger partial charge in [-0.1, -0.05) is 134 Å². The van der Waals surface area contributed by atoms with Crippen molar-refractivity contribution in [2.24, 2.45) is 11.8 Å². The smallest absolute Gasteiger partial charge is 0.462 e. The van der Waals surface area contributed by atoms with Gasteiger partial charge in [0.15, 0.2) is 6.10 Å². The van der Waals surface area contributed by atoms with E-state index in [9.17, 15) is 59.6 Å². The topological polar surface area (TPSA) is 267 Å². The highest BCUT2D eigenvalue weighted by atomic mass is 31.2. The summed E-state index contributed by atoms with van der Waals surface area (Å²) in [6.45, 7) is 2.79. The number of aliphatic hydroxyl groups is 7. The minimum atomic E-state index is -5.45. The number of hydrogen-bond donors (Lipinski definition) is 8. The van der Waals surface area contributed by atoms with Gasteiger partial charge in [0, 0.05) is 25.2 Å². The van der Waals surface area contributed by atoms with Crippen LogP contribution in [0.5, 0.6) is 0 Å². The molecule has 62 heavy (non-hydrogen) atoms. The Morgan fingerprint density at radius 2 is 1.39 bits per heavy atom. The molecule has 1 heterocycles. The summed E-state index contributed by atoms with van der Waals surface area (Å²) in [5.41, 5.74) is 0. The third-order valence-electron chi connectivity index (χ3n) is 11.7. The molecule has 12 atom stereocenters. The minimum absolute atomic E-state index is 0.107. The first-order valence-corrected chi connectivity index (χ1v) is 24.7. The third-order valence-corrected chi connectivity index (χ3v) is 12.7. The fourth-order valence-corrected chi connectivity index (χ4v) is 8.74. The number of aliphatic hydroxyl groups excluding tert-OH is 7. The number of carbonyl (C=O) groups excluding carboxylic acids is 3. The second kappa shape index (κ2) is 31.7. The van der Waals surface area contributed by atoms with Gasteiger partial charge in [-0.15, -0.1) is 0 Å². The number of unbranched alkanes of at least 4 members (excludes halogenated alkanes) is 14. The van der Waals surface area contributed by atoms with E-state index in [0.717, 1.165) is 44.6 Å². The van der Waals surface area contributed by atoms with E-state index in [1.807, 2.05) is 6.92 Å². The van der Waals surface area contributed by atoms with Crippen LogP contribution in [0.25, 0.3) is 0 Å². The van der Waals surface area contributed by atoms with Crippen LogP contribution in [-0.4, -0.2) is 127 Å². The summed E-state index contributed by atoms with van der Waals surface area (Å²) in [5.74, 6) is -5.12. The first-order chi connectivity index (χ1) is 29.6. The zero-order valence-electron chi connectivity index (χ0n) is 37.1. The zero-order valence-corrected chi connectivity index (χ0v) is 38.0. The van der Waals surface area contributed by atoms with Crippen molar-refractivity contribution in [2.75, 3.05) is 13.2 Å². The van der Waals surface area contributed by atoms with Crippen LogP contribution in [0.4, 0.5) is 0 Å². The van der Waals surface area contributed by atoms with E-state index < -0.39 is 112 Å². The van der Waals surface area contributed by atoms with Gasteiger partial charge in [0.1, 0.15) is 36.8 Å². The molecule has 0 amide bonds. The van der Waals surface area contributed by atoms with Crippen molar-refractivity contribution < 1.29 is 78.1 Å². The number of cyclic esters (lactones) is 1. The SMILES string of the molecule is CCCCCCCCCCCCCCCC(=O)OC[C@@H]1COP(=O)(O)O[C@H]2[C@H](O)[C@@H](O)[C@H](O)[C@@H](C/C=C\CCCC(=O)O1)[C@@H](O)CC(=O)[C@H](/C=C/[C@@H](O)CCCCC)[C@@H](O)[C@H]2O. The van der Waals surface area contributed by atoms with E-state index in [2.05, 4.69) is 6.92 Å². The van der Waals surface area contributed by atoms with E-state index in [1.165, 1.54) is 57.4 Å². The number of phosphoric ester groups is 1. The summed E-state index contributed by atoms with van der Waals surface area (Å²) in [4.78, 5) is 50.0. The van der Waals surface area contributed by atoms with Gasteiger partial charge >= 0.3 is 19.8 Å². The van der Waals surface area contributed by atoms with Gasteiger partial charge in [-0.25, -0.2) is 4.57 Å². The zero-order chi connectivity index (χ0) is 45.9. The van der Waals surface area contributed by atoms with Gasteiger partial charge in [-0.3, -0.25) is 23.4 Å². The molecule has 16 nitrogen and oxygen atoms in total. The number of esters is 2. The number of allylic oxidation sites excluding steroid dienone is 2. The average Bonchev–Trinajstić information content (AvgIpc) is 3.23. The first-order valence-electron chi connectivity index (χ1n) is 23.2. The highest BCUT2D eigenvalue weighted by Gasteiger charge is 2.49. The fourth-order valence-electron chi connectivity index (χ4n) is 7.76. The molecule has 360 valence electrons. The molecule has 0 aromatic carbocycles. The Hall–Kier alpha value is -2.08. The van der Waals surface area contributed by atoms with E-state index in [1.54, 1.807) is 12.2 Å². The number of phosphoric acid groups is 1. The lowest BCUT2D eigenvalue weighted by atomic mass is 9.83. The van der Waals surface area contributed by atoms with Gasteiger partial charge in [0.2, 0.25) is 0 Å². The first kappa shape index (κ1) is 56.1. The second-order valence-corrected chi connectivity index (χ2v) is 18.5. The summed E-state index contributed by atoms with van der Waals surface area (Å²) in [7, 11) is -5.45. The number of hydrogen-bond acceptors (Lipinski definition) is 15. The fraction of sp³-hybridized carbons (Fsp3) is 0.844. The monoisotopic (exact) mass is 907 g/mol.